The molecule has 5 atom stereocenters. The van der Waals surface area contributed by atoms with Gasteiger partial charge in [0.05, 0.1) is 0 Å². The molecule has 4 rings (SSSR count). The Labute approximate surface area is 165 Å². The fraction of sp³-hybridized carbons (Fsp3) is 0.609. The Hall–Kier alpha value is -2.01. The number of ketones is 2. The van der Waals surface area contributed by atoms with Crippen LogP contribution >= 0.6 is 0 Å². The molecule has 2 fully saturated rings. The Morgan fingerprint density at radius 3 is 2.71 bits per heavy atom. The minimum atomic E-state index is -1.48. The third kappa shape index (κ3) is 2.52. The van der Waals surface area contributed by atoms with Crippen LogP contribution in [0.25, 0.3) is 0 Å². The maximum atomic E-state index is 12.8. The largest absolute Gasteiger partial charge is 0.550 e. The molecule has 0 saturated heterocycles. The van der Waals surface area contributed by atoms with Crippen molar-refractivity contribution in [1.29, 1.82) is 0 Å². The minimum absolute atomic E-state index is 0.0425. The molecule has 5 heteroatoms. The Balaban J connectivity index is 1.67. The highest BCUT2D eigenvalue weighted by atomic mass is 16.4. The average Bonchev–Trinajstić information content (AvgIpc) is 2.92. The average molecular weight is 383 g/mol. The van der Waals surface area contributed by atoms with Crippen LogP contribution in [0, 0.1) is 22.7 Å². The predicted octanol–water partition coefficient (Wildman–Crippen LogP) is 2.04. The van der Waals surface area contributed by atoms with E-state index in [9.17, 15) is 24.6 Å². The lowest BCUT2D eigenvalue weighted by Gasteiger charge is -2.53. The van der Waals surface area contributed by atoms with Crippen LogP contribution in [0.4, 0.5) is 0 Å². The van der Waals surface area contributed by atoms with Crippen molar-refractivity contribution >= 4 is 17.5 Å². The summed E-state index contributed by atoms with van der Waals surface area (Å²) in [5.41, 5.74) is 0.144. The number of fused-ring (bicyclic) bond motifs is 5. The van der Waals surface area contributed by atoms with Crippen LogP contribution < -0.4 is 5.11 Å². The Morgan fingerprint density at radius 1 is 1.25 bits per heavy atom. The molecule has 0 aromatic rings. The van der Waals surface area contributed by atoms with Gasteiger partial charge in [-0.2, -0.15) is 0 Å². The molecule has 0 aromatic heterocycles. The molecule has 1 N–H and O–H groups in total. The summed E-state index contributed by atoms with van der Waals surface area (Å²) in [7, 11) is 0. The van der Waals surface area contributed by atoms with E-state index < -0.39 is 17.0 Å². The number of rotatable bonds is 4. The number of Topliss-reactive ketones (excluding diaryl/α,β-unsaturated/α-hetero) is 1. The van der Waals surface area contributed by atoms with E-state index in [0.29, 0.717) is 12.8 Å². The van der Waals surface area contributed by atoms with Crippen molar-refractivity contribution in [1.82, 2.24) is 0 Å². The lowest BCUT2D eigenvalue weighted by Crippen LogP contribution is -2.54. The van der Waals surface area contributed by atoms with Gasteiger partial charge in [-0.3, -0.25) is 9.59 Å². The summed E-state index contributed by atoms with van der Waals surface area (Å²) in [6, 6.07) is 0. The van der Waals surface area contributed by atoms with Crippen molar-refractivity contribution in [3.8, 4) is 0 Å². The summed E-state index contributed by atoms with van der Waals surface area (Å²) in [4.78, 5) is 35.4. The first-order valence-electron chi connectivity index (χ1n) is 10.2. The van der Waals surface area contributed by atoms with Gasteiger partial charge in [0.25, 0.3) is 0 Å². The fourth-order valence-electron chi connectivity index (χ4n) is 6.41. The molecule has 0 aliphatic heterocycles. The van der Waals surface area contributed by atoms with E-state index in [1.54, 1.807) is 12.2 Å². The molecule has 0 radical (unpaired) electrons. The standard InChI is InChI=1S/C23H28O5/c1-21-10-7-15(24)13-14(21)3-4-16-17(21)8-11-22(2)18(16)9-12-23(22,28)19(25)5-6-20(26)27/h7-8,10,13,16,18,28H,3-6,9,11-12H2,1-2H3,(H,26,27)/p-1/t16?,18?,21-,22-,23-/m0/s1. The SMILES string of the molecule is C[C@]12C=CC(=O)C=C1CCC1C2=CC[C@@]2(C)C1CC[C@]2(O)C(=O)CCC(=O)[O-]. The van der Waals surface area contributed by atoms with E-state index in [4.69, 9.17) is 0 Å². The highest BCUT2D eigenvalue weighted by molar-refractivity contribution is 6.01. The Bertz CT molecular complexity index is 849. The van der Waals surface area contributed by atoms with Crippen molar-refractivity contribution in [3.05, 3.63) is 35.5 Å². The predicted molar refractivity (Wildman–Crippen MR) is 101 cm³/mol. The third-order valence-electron chi connectivity index (χ3n) is 8.12. The first-order chi connectivity index (χ1) is 13.1. The summed E-state index contributed by atoms with van der Waals surface area (Å²) in [6.07, 6.45) is 10.5. The molecule has 0 amide bonds. The van der Waals surface area contributed by atoms with E-state index in [1.807, 2.05) is 13.0 Å². The van der Waals surface area contributed by atoms with Crippen LogP contribution in [0.1, 0.15) is 58.8 Å². The van der Waals surface area contributed by atoms with Gasteiger partial charge in [-0.25, -0.2) is 0 Å². The molecule has 5 nitrogen and oxygen atoms in total. The van der Waals surface area contributed by atoms with Gasteiger partial charge >= 0.3 is 0 Å². The lowest BCUT2D eigenvalue weighted by atomic mass is 9.51. The second kappa shape index (κ2) is 6.24. The maximum absolute atomic E-state index is 12.8. The summed E-state index contributed by atoms with van der Waals surface area (Å²) in [5, 5.41) is 22.2. The molecule has 0 heterocycles. The Kier molecular flexibility index (Phi) is 4.31. The zero-order valence-electron chi connectivity index (χ0n) is 16.5. The van der Waals surface area contributed by atoms with Crippen LogP contribution in [-0.2, 0) is 14.4 Å². The highest BCUT2D eigenvalue weighted by Gasteiger charge is 2.63. The van der Waals surface area contributed by atoms with E-state index in [-0.39, 0.29) is 41.7 Å². The number of carboxylic acids is 1. The van der Waals surface area contributed by atoms with Crippen LogP contribution in [-0.4, -0.2) is 28.2 Å². The van der Waals surface area contributed by atoms with Gasteiger partial charge in [0, 0.05) is 23.2 Å². The molecule has 150 valence electrons. The van der Waals surface area contributed by atoms with Crippen molar-refractivity contribution in [3.63, 3.8) is 0 Å². The summed E-state index contributed by atoms with van der Waals surface area (Å²) < 4.78 is 0. The number of carbonyl (C=O) groups excluding carboxylic acids is 3. The van der Waals surface area contributed by atoms with Crippen molar-refractivity contribution in [2.75, 3.05) is 0 Å². The summed E-state index contributed by atoms with van der Waals surface area (Å²) in [6.45, 7) is 4.15. The van der Waals surface area contributed by atoms with Crippen LogP contribution in [0.15, 0.2) is 35.5 Å². The van der Waals surface area contributed by atoms with Gasteiger partial charge in [-0.1, -0.05) is 30.2 Å². The lowest BCUT2D eigenvalue weighted by molar-refractivity contribution is -0.305. The topological polar surface area (TPSA) is 94.5 Å². The summed E-state index contributed by atoms with van der Waals surface area (Å²) in [5.74, 6) is -1.15. The van der Waals surface area contributed by atoms with Crippen LogP contribution in [0.5, 0.6) is 0 Å². The van der Waals surface area contributed by atoms with Gasteiger partial charge in [0.15, 0.2) is 11.6 Å². The van der Waals surface area contributed by atoms with Gasteiger partial charge in [-0.15, -0.1) is 0 Å². The molecule has 0 aromatic carbocycles. The van der Waals surface area contributed by atoms with Gasteiger partial charge in [0.1, 0.15) is 5.60 Å². The van der Waals surface area contributed by atoms with Gasteiger partial charge in [0.2, 0.25) is 0 Å². The number of carboxylic acid groups (broad SMARTS) is 1. The molecule has 2 saturated carbocycles. The van der Waals surface area contributed by atoms with E-state index in [0.717, 1.165) is 24.8 Å². The van der Waals surface area contributed by atoms with Gasteiger partial charge in [-0.05, 0) is 69.4 Å². The molecule has 4 aliphatic rings. The zero-order chi connectivity index (χ0) is 20.3. The minimum Gasteiger partial charge on any atom is -0.550 e. The monoisotopic (exact) mass is 383 g/mol. The number of allylic oxidation sites excluding steroid dienone is 6. The molecular formula is C23H27O5-. The van der Waals surface area contributed by atoms with E-state index in [2.05, 4.69) is 13.0 Å². The maximum Gasteiger partial charge on any atom is 0.178 e. The molecule has 0 bridgehead atoms. The van der Waals surface area contributed by atoms with Crippen molar-refractivity contribution in [2.45, 2.75) is 64.4 Å². The second-order valence-corrected chi connectivity index (χ2v) is 9.33. The first kappa shape index (κ1) is 19.3. The zero-order valence-corrected chi connectivity index (χ0v) is 16.5. The second-order valence-electron chi connectivity index (χ2n) is 9.33. The molecule has 2 unspecified atom stereocenters. The number of carbonyl (C=O) groups is 3. The van der Waals surface area contributed by atoms with Crippen molar-refractivity contribution in [2.24, 2.45) is 22.7 Å². The third-order valence-corrected chi connectivity index (χ3v) is 8.12. The number of aliphatic carboxylic acids is 1. The Morgan fingerprint density at radius 2 is 2.00 bits per heavy atom. The van der Waals surface area contributed by atoms with E-state index in [1.165, 1.54) is 5.57 Å². The molecule has 28 heavy (non-hydrogen) atoms. The normalized spacial score (nSPS) is 41.5. The number of aliphatic hydroxyl groups is 1. The smallest absolute Gasteiger partial charge is 0.178 e. The highest BCUT2D eigenvalue weighted by Crippen LogP contribution is 2.65. The fourth-order valence-corrected chi connectivity index (χ4v) is 6.41. The quantitative estimate of drug-likeness (QED) is 0.750. The number of hydrogen-bond acceptors (Lipinski definition) is 5. The van der Waals surface area contributed by atoms with Gasteiger partial charge < -0.3 is 15.0 Å². The van der Waals surface area contributed by atoms with Crippen LogP contribution in [0.2, 0.25) is 0 Å². The number of hydrogen-bond donors (Lipinski definition) is 1. The summed E-state index contributed by atoms with van der Waals surface area (Å²) >= 11 is 0. The van der Waals surface area contributed by atoms with E-state index >= 15 is 0 Å². The first-order valence-corrected chi connectivity index (χ1v) is 10.2. The van der Waals surface area contributed by atoms with Crippen molar-refractivity contribution < 1.29 is 24.6 Å². The van der Waals surface area contributed by atoms with Crippen LogP contribution in [0.3, 0.4) is 0 Å². The molecule has 4 aliphatic carbocycles. The molecular weight excluding hydrogens is 356 g/mol. The molecule has 0 spiro atoms.